The minimum atomic E-state index is -0.711. The van der Waals surface area contributed by atoms with E-state index in [0.29, 0.717) is 35.6 Å². The van der Waals surface area contributed by atoms with Crippen LogP contribution in [0.25, 0.3) is 0 Å². The average molecular weight is 518 g/mol. The second kappa shape index (κ2) is 11.0. The Kier molecular flexibility index (Phi) is 7.54. The zero-order valence-electron chi connectivity index (χ0n) is 22.5. The van der Waals surface area contributed by atoms with E-state index in [4.69, 9.17) is 23.9 Å². The Labute approximate surface area is 223 Å². The van der Waals surface area contributed by atoms with Crippen LogP contribution in [0.1, 0.15) is 68.4 Å². The number of ether oxygens (including phenoxy) is 4. The fourth-order valence-electron chi connectivity index (χ4n) is 6.14. The minimum absolute atomic E-state index is 0.00134. The Bertz CT molecular complexity index is 1270. The van der Waals surface area contributed by atoms with Crippen LogP contribution in [-0.4, -0.2) is 44.9 Å². The van der Waals surface area contributed by atoms with E-state index in [-0.39, 0.29) is 23.8 Å². The number of aliphatic imine (C=N–C) groups is 1. The van der Waals surface area contributed by atoms with Crippen molar-refractivity contribution in [2.75, 3.05) is 21.3 Å². The van der Waals surface area contributed by atoms with Gasteiger partial charge in [-0.2, -0.15) is 0 Å². The summed E-state index contributed by atoms with van der Waals surface area (Å²) in [6, 6.07) is 13.3. The second-order valence-corrected chi connectivity index (χ2v) is 10.3. The molecular formula is C31H35NO6. The summed E-state index contributed by atoms with van der Waals surface area (Å²) in [4.78, 5) is 32.5. The molecule has 3 atom stereocenters. The molecule has 0 aromatic heterocycles. The lowest BCUT2D eigenvalue weighted by atomic mass is 9.69. The van der Waals surface area contributed by atoms with Crippen LogP contribution in [0.15, 0.2) is 58.7 Å². The van der Waals surface area contributed by atoms with Gasteiger partial charge in [0.25, 0.3) is 0 Å². The van der Waals surface area contributed by atoms with Crippen LogP contribution in [0.4, 0.5) is 0 Å². The Morgan fingerprint density at radius 1 is 0.895 bits per heavy atom. The van der Waals surface area contributed by atoms with Gasteiger partial charge in [-0.1, -0.05) is 12.1 Å². The Morgan fingerprint density at radius 3 is 2.24 bits per heavy atom. The standard InChI is InChI=1S/C31H35NO6/c1-18-28(31(34)38-22-7-5-6-8-22)29(24-17-23(36-3)13-14-27(24)37-4)30-25(32-18)15-20(16-26(30)33)19-9-11-21(35-2)12-10-19/h9-14,17,20,22,28-29H,5-8,15-16H2,1-4H3/t20-,28?,29+/m0/s1. The van der Waals surface area contributed by atoms with Gasteiger partial charge >= 0.3 is 5.97 Å². The van der Waals surface area contributed by atoms with Crippen LogP contribution in [0, 0.1) is 5.92 Å². The van der Waals surface area contributed by atoms with Crippen molar-refractivity contribution in [3.05, 3.63) is 64.9 Å². The molecular weight excluding hydrogens is 482 g/mol. The first-order valence-corrected chi connectivity index (χ1v) is 13.3. The highest BCUT2D eigenvalue weighted by atomic mass is 16.5. The number of carbonyl (C=O) groups excluding carboxylic acids is 2. The first-order valence-electron chi connectivity index (χ1n) is 13.3. The van der Waals surface area contributed by atoms with E-state index in [9.17, 15) is 9.59 Å². The molecule has 7 heteroatoms. The van der Waals surface area contributed by atoms with Crippen molar-refractivity contribution >= 4 is 17.5 Å². The first-order chi connectivity index (χ1) is 18.4. The van der Waals surface area contributed by atoms with Gasteiger partial charge in [0.1, 0.15) is 29.3 Å². The average Bonchev–Trinajstić information content (AvgIpc) is 3.44. The number of allylic oxidation sites excluding steroid dienone is 2. The largest absolute Gasteiger partial charge is 0.497 e. The molecule has 0 saturated heterocycles. The van der Waals surface area contributed by atoms with Gasteiger partial charge in [0.05, 0.1) is 21.3 Å². The summed E-state index contributed by atoms with van der Waals surface area (Å²) >= 11 is 0. The number of ketones is 1. The Balaban J connectivity index is 1.58. The molecule has 38 heavy (non-hydrogen) atoms. The van der Waals surface area contributed by atoms with Crippen LogP contribution >= 0.6 is 0 Å². The lowest BCUT2D eigenvalue weighted by Gasteiger charge is -2.37. The number of carbonyl (C=O) groups is 2. The Morgan fingerprint density at radius 2 is 1.58 bits per heavy atom. The molecule has 2 aromatic carbocycles. The quantitative estimate of drug-likeness (QED) is 0.434. The van der Waals surface area contributed by atoms with Crippen LogP contribution in [0.2, 0.25) is 0 Å². The fourth-order valence-corrected chi connectivity index (χ4v) is 6.14. The summed E-state index contributed by atoms with van der Waals surface area (Å²) in [6.07, 6.45) is 4.73. The second-order valence-electron chi connectivity index (χ2n) is 10.3. The number of rotatable bonds is 7. The van der Waals surface area contributed by atoms with Gasteiger partial charge in [-0.15, -0.1) is 0 Å². The zero-order chi connectivity index (χ0) is 26.8. The van der Waals surface area contributed by atoms with E-state index in [1.165, 1.54) is 0 Å². The molecule has 1 unspecified atom stereocenters. The molecule has 5 rings (SSSR count). The van der Waals surface area contributed by atoms with E-state index in [1.807, 2.05) is 49.4 Å². The van der Waals surface area contributed by atoms with Gasteiger partial charge in [0, 0.05) is 34.9 Å². The number of nitrogens with zero attached hydrogens (tertiary/aromatic N) is 1. The van der Waals surface area contributed by atoms with Crippen LogP contribution in [0.5, 0.6) is 17.2 Å². The summed E-state index contributed by atoms with van der Waals surface area (Å²) in [6.45, 7) is 1.87. The maximum Gasteiger partial charge on any atom is 0.315 e. The van der Waals surface area contributed by atoms with Gasteiger partial charge < -0.3 is 18.9 Å². The van der Waals surface area contributed by atoms with Crippen LogP contribution in [-0.2, 0) is 14.3 Å². The first kappa shape index (κ1) is 26.0. The molecule has 0 bridgehead atoms. The van der Waals surface area contributed by atoms with Crippen LogP contribution in [0.3, 0.4) is 0 Å². The van der Waals surface area contributed by atoms with Gasteiger partial charge in [0.2, 0.25) is 0 Å². The van der Waals surface area contributed by atoms with Crippen molar-refractivity contribution in [3.8, 4) is 17.2 Å². The summed E-state index contributed by atoms with van der Waals surface area (Å²) in [5.74, 6) is 0.394. The molecule has 2 aliphatic carbocycles. The number of Topliss-reactive ketones (excluding diaryl/α,β-unsaturated/α-hetero) is 1. The van der Waals surface area contributed by atoms with Crippen molar-refractivity contribution in [1.82, 2.24) is 0 Å². The molecule has 1 fully saturated rings. The summed E-state index contributed by atoms with van der Waals surface area (Å²) in [7, 11) is 4.83. The summed E-state index contributed by atoms with van der Waals surface area (Å²) in [5, 5.41) is 0. The molecule has 1 saturated carbocycles. The van der Waals surface area contributed by atoms with Crippen molar-refractivity contribution in [2.24, 2.45) is 10.9 Å². The molecule has 0 radical (unpaired) electrons. The number of methoxy groups -OCH3 is 3. The zero-order valence-corrected chi connectivity index (χ0v) is 22.5. The number of hydrogen-bond donors (Lipinski definition) is 0. The van der Waals surface area contributed by atoms with Gasteiger partial charge in [0.15, 0.2) is 5.78 Å². The molecule has 200 valence electrons. The maximum atomic E-state index is 13.9. The summed E-state index contributed by atoms with van der Waals surface area (Å²) in [5.41, 5.74) is 3.78. The van der Waals surface area contributed by atoms with Gasteiger partial charge in [-0.25, -0.2) is 0 Å². The lowest BCUT2D eigenvalue weighted by molar-refractivity contribution is -0.151. The maximum absolute atomic E-state index is 13.9. The Hall–Kier alpha value is -3.61. The van der Waals surface area contributed by atoms with Crippen LogP contribution < -0.4 is 14.2 Å². The normalized spacial score (nSPS) is 23.5. The smallest absolute Gasteiger partial charge is 0.315 e. The molecule has 1 heterocycles. The molecule has 0 spiro atoms. The van der Waals surface area contributed by atoms with Gasteiger partial charge in [-0.05, 0) is 80.8 Å². The fraction of sp³-hybridized carbons (Fsp3) is 0.452. The molecule has 2 aromatic rings. The molecule has 3 aliphatic rings. The van der Waals surface area contributed by atoms with E-state index in [0.717, 1.165) is 48.3 Å². The van der Waals surface area contributed by atoms with Crippen molar-refractivity contribution < 1.29 is 28.5 Å². The number of esters is 1. The van der Waals surface area contributed by atoms with E-state index in [2.05, 4.69) is 0 Å². The number of benzene rings is 2. The molecule has 0 amide bonds. The predicted octanol–water partition coefficient (Wildman–Crippen LogP) is 5.77. The van der Waals surface area contributed by atoms with Gasteiger partial charge in [-0.3, -0.25) is 14.6 Å². The topological polar surface area (TPSA) is 83.4 Å². The van der Waals surface area contributed by atoms with E-state index in [1.54, 1.807) is 21.3 Å². The van der Waals surface area contributed by atoms with E-state index < -0.39 is 11.8 Å². The van der Waals surface area contributed by atoms with Crippen molar-refractivity contribution in [3.63, 3.8) is 0 Å². The summed E-state index contributed by atoms with van der Waals surface area (Å²) < 4.78 is 22.5. The highest BCUT2D eigenvalue weighted by Gasteiger charge is 2.46. The molecule has 7 nitrogen and oxygen atoms in total. The van der Waals surface area contributed by atoms with E-state index >= 15 is 0 Å². The highest BCUT2D eigenvalue weighted by Crippen LogP contribution is 2.49. The molecule has 0 N–H and O–H groups in total. The van der Waals surface area contributed by atoms with Crippen molar-refractivity contribution in [2.45, 2.75) is 63.4 Å². The monoisotopic (exact) mass is 517 g/mol. The predicted molar refractivity (Wildman–Crippen MR) is 144 cm³/mol. The SMILES string of the molecule is COc1ccc([C@@H]2CC(=O)C3=C(C2)N=C(C)C(C(=O)OC2CCCC2)[C@H]3c2cc(OC)ccc2OC)cc1. The minimum Gasteiger partial charge on any atom is -0.497 e. The third-order valence-electron chi connectivity index (χ3n) is 8.09. The third-order valence-corrected chi connectivity index (χ3v) is 8.09. The lowest BCUT2D eigenvalue weighted by Crippen LogP contribution is -2.39. The highest BCUT2D eigenvalue weighted by molar-refractivity contribution is 6.09. The molecule has 1 aliphatic heterocycles. The number of hydrogen-bond acceptors (Lipinski definition) is 7. The van der Waals surface area contributed by atoms with Crippen molar-refractivity contribution in [1.29, 1.82) is 0 Å². The third kappa shape index (κ3) is 4.94.